The molecule has 0 radical (unpaired) electrons. The summed E-state index contributed by atoms with van der Waals surface area (Å²) in [7, 11) is 0. The third-order valence-corrected chi connectivity index (χ3v) is 5.94. The molecule has 1 aliphatic heterocycles. The van der Waals surface area contributed by atoms with Crippen LogP contribution in [-0.4, -0.2) is 57.9 Å². The van der Waals surface area contributed by atoms with Gasteiger partial charge in [-0.1, -0.05) is 38.5 Å². The fourth-order valence-electron chi connectivity index (χ4n) is 4.66. The molecule has 1 heterocycles. The van der Waals surface area contributed by atoms with Crippen LogP contribution >= 0.6 is 0 Å². The van der Waals surface area contributed by atoms with E-state index in [0.29, 0.717) is 18.6 Å². The Morgan fingerprint density at radius 3 is 1.96 bits per heavy atom. The molecule has 1 N–H and O–H groups in total. The van der Waals surface area contributed by atoms with E-state index in [-0.39, 0.29) is 6.42 Å². The SMILES string of the molecule is O=[N+]([O-])C1(CC(O)CN(C2CCCCC2)C2CCCCC2)N=CC=N1. The number of hydrogen-bond acceptors (Lipinski definition) is 6. The van der Waals surface area contributed by atoms with Crippen molar-refractivity contribution in [1.29, 1.82) is 0 Å². The zero-order valence-electron chi connectivity index (χ0n) is 14.9. The molecule has 0 saturated heterocycles. The van der Waals surface area contributed by atoms with Gasteiger partial charge in [-0.25, -0.2) is 0 Å². The molecule has 25 heavy (non-hydrogen) atoms. The second-order valence-corrected chi connectivity index (χ2v) is 7.73. The molecule has 0 aromatic carbocycles. The summed E-state index contributed by atoms with van der Waals surface area (Å²) in [6, 6.07) is 1.02. The van der Waals surface area contributed by atoms with Gasteiger partial charge in [-0.2, -0.15) is 9.98 Å². The zero-order valence-corrected chi connectivity index (χ0v) is 14.9. The van der Waals surface area contributed by atoms with E-state index in [4.69, 9.17) is 0 Å². The molecule has 7 nitrogen and oxygen atoms in total. The first-order valence-corrected chi connectivity index (χ1v) is 9.78. The average Bonchev–Trinajstić information content (AvgIpc) is 3.11. The first-order chi connectivity index (χ1) is 12.1. The summed E-state index contributed by atoms with van der Waals surface area (Å²) >= 11 is 0. The summed E-state index contributed by atoms with van der Waals surface area (Å²) in [5.74, 6) is -1.72. The van der Waals surface area contributed by atoms with Gasteiger partial charge >= 0.3 is 5.79 Å². The molecule has 0 aromatic rings. The molecule has 140 valence electrons. The van der Waals surface area contributed by atoms with E-state index >= 15 is 0 Å². The number of nitrogens with zero attached hydrogens (tertiary/aromatic N) is 4. The van der Waals surface area contributed by atoms with E-state index < -0.39 is 16.8 Å². The smallest absolute Gasteiger partial charge is 0.391 e. The highest BCUT2D eigenvalue weighted by molar-refractivity contribution is 6.17. The van der Waals surface area contributed by atoms with Gasteiger partial charge < -0.3 is 5.11 Å². The van der Waals surface area contributed by atoms with Gasteiger partial charge in [0.05, 0.1) is 17.4 Å². The number of hydrogen-bond donors (Lipinski definition) is 1. The Balaban J connectivity index is 1.67. The highest BCUT2D eigenvalue weighted by Gasteiger charge is 2.46. The molecule has 2 aliphatic carbocycles. The summed E-state index contributed by atoms with van der Waals surface area (Å²) in [6.07, 6.45) is 14.2. The number of nitro groups is 1. The van der Waals surface area contributed by atoms with E-state index in [9.17, 15) is 15.2 Å². The molecule has 0 amide bonds. The lowest BCUT2D eigenvalue weighted by molar-refractivity contribution is -0.568. The first kappa shape index (κ1) is 18.5. The third-order valence-electron chi connectivity index (χ3n) is 5.94. The summed E-state index contributed by atoms with van der Waals surface area (Å²) in [6.45, 7) is 0.496. The summed E-state index contributed by atoms with van der Waals surface area (Å²) in [4.78, 5) is 21.2. The lowest BCUT2D eigenvalue weighted by Crippen LogP contribution is -2.50. The maximum atomic E-state index is 11.4. The molecular formula is C18H30N4O3. The molecule has 1 atom stereocenters. The predicted molar refractivity (Wildman–Crippen MR) is 97.8 cm³/mol. The fourth-order valence-corrected chi connectivity index (χ4v) is 4.66. The molecule has 0 aromatic heterocycles. The number of aliphatic hydroxyl groups is 1. The van der Waals surface area contributed by atoms with Crippen molar-refractivity contribution in [3.05, 3.63) is 10.1 Å². The van der Waals surface area contributed by atoms with Crippen LogP contribution in [0.4, 0.5) is 0 Å². The minimum Gasteiger partial charge on any atom is -0.391 e. The Morgan fingerprint density at radius 1 is 1.04 bits per heavy atom. The fraction of sp³-hybridized carbons (Fsp3) is 0.889. The molecule has 0 bridgehead atoms. The van der Waals surface area contributed by atoms with E-state index in [0.717, 1.165) is 0 Å². The third kappa shape index (κ3) is 4.44. The van der Waals surface area contributed by atoms with Gasteiger partial charge in [0.25, 0.3) is 0 Å². The lowest BCUT2D eigenvalue weighted by Gasteiger charge is -2.42. The van der Waals surface area contributed by atoms with Crippen LogP contribution in [0.5, 0.6) is 0 Å². The van der Waals surface area contributed by atoms with Gasteiger partial charge in [-0.05, 0) is 25.7 Å². The maximum absolute atomic E-state index is 11.4. The van der Waals surface area contributed by atoms with Crippen molar-refractivity contribution in [2.45, 2.75) is 94.6 Å². The molecule has 7 heteroatoms. The summed E-state index contributed by atoms with van der Waals surface area (Å²) in [5, 5.41) is 22.1. The Hall–Kier alpha value is -1.34. The van der Waals surface area contributed by atoms with Gasteiger partial charge in [0.2, 0.25) is 0 Å². The highest BCUT2D eigenvalue weighted by atomic mass is 16.6. The summed E-state index contributed by atoms with van der Waals surface area (Å²) in [5.41, 5.74) is 0. The van der Waals surface area contributed by atoms with E-state index in [1.807, 2.05) is 0 Å². The average molecular weight is 350 g/mol. The van der Waals surface area contributed by atoms with Crippen LogP contribution in [0, 0.1) is 10.1 Å². The van der Waals surface area contributed by atoms with Crippen molar-refractivity contribution >= 4 is 12.4 Å². The quantitative estimate of drug-likeness (QED) is 0.564. The molecule has 3 aliphatic rings. The molecular weight excluding hydrogens is 320 g/mol. The first-order valence-electron chi connectivity index (χ1n) is 9.78. The molecule has 2 fully saturated rings. The van der Waals surface area contributed by atoms with Crippen molar-refractivity contribution in [1.82, 2.24) is 4.90 Å². The standard InChI is InChI=1S/C18H30N4O3/c23-17(13-18(22(24)25)19-11-12-20-18)14-21(15-7-3-1-4-8-15)16-9-5-2-6-10-16/h11-12,15-17,23H,1-10,13-14H2. The van der Waals surface area contributed by atoms with Crippen LogP contribution in [0.25, 0.3) is 0 Å². The second kappa shape index (κ2) is 8.36. The maximum Gasteiger partial charge on any atom is 0.414 e. The highest BCUT2D eigenvalue weighted by Crippen LogP contribution is 2.31. The Labute approximate surface area is 149 Å². The van der Waals surface area contributed by atoms with Gasteiger partial charge in [0, 0.05) is 31.1 Å². The Morgan fingerprint density at radius 2 is 1.52 bits per heavy atom. The van der Waals surface area contributed by atoms with Crippen molar-refractivity contribution in [3.8, 4) is 0 Å². The van der Waals surface area contributed by atoms with Crippen LogP contribution in [0.1, 0.15) is 70.6 Å². The van der Waals surface area contributed by atoms with Crippen LogP contribution < -0.4 is 0 Å². The van der Waals surface area contributed by atoms with Crippen molar-refractivity contribution in [2.24, 2.45) is 9.98 Å². The molecule has 1 unspecified atom stereocenters. The van der Waals surface area contributed by atoms with Gasteiger partial charge in [-0.15, -0.1) is 0 Å². The van der Waals surface area contributed by atoms with Gasteiger partial charge in [-0.3, -0.25) is 15.0 Å². The van der Waals surface area contributed by atoms with Gasteiger partial charge in [0.15, 0.2) is 0 Å². The van der Waals surface area contributed by atoms with Crippen molar-refractivity contribution < 1.29 is 10.0 Å². The second-order valence-electron chi connectivity index (χ2n) is 7.73. The predicted octanol–water partition coefficient (Wildman–Crippen LogP) is 2.79. The van der Waals surface area contributed by atoms with Crippen molar-refractivity contribution in [3.63, 3.8) is 0 Å². The van der Waals surface area contributed by atoms with E-state index in [2.05, 4.69) is 14.9 Å². The number of rotatable bonds is 7. The molecule has 0 spiro atoms. The van der Waals surface area contributed by atoms with E-state index in [1.54, 1.807) is 0 Å². The van der Waals surface area contributed by atoms with E-state index in [1.165, 1.54) is 76.6 Å². The van der Waals surface area contributed by atoms with Crippen LogP contribution in [0.2, 0.25) is 0 Å². The monoisotopic (exact) mass is 350 g/mol. The topological polar surface area (TPSA) is 91.3 Å². The van der Waals surface area contributed by atoms with Gasteiger partial charge in [0.1, 0.15) is 0 Å². The Bertz CT molecular complexity index is 480. The number of aliphatic hydroxyl groups excluding tert-OH is 1. The van der Waals surface area contributed by atoms with Crippen LogP contribution in [0.3, 0.4) is 0 Å². The minimum absolute atomic E-state index is 0.0526. The number of aliphatic imine (C=N–C) groups is 2. The molecule has 2 saturated carbocycles. The normalized spacial score (nSPS) is 25.5. The van der Waals surface area contributed by atoms with Crippen LogP contribution in [-0.2, 0) is 0 Å². The summed E-state index contributed by atoms with van der Waals surface area (Å²) < 4.78 is 0. The molecule has 3 rings (SSSR count). The largest absolute Gasteiger partial charge is 0.414 e. The van der Waals surface area contributed by atoms with Crippen LogP contribution in [0.15, 0.2) is 9.98 Å². The van der Waals surface area contributed by atoms with Crippen molar-refractivity contribution in [2.75, 3.05) is 6.54 Å². The minimum atomic E-state index is -1.72. The lowest BCUT2D eigenvalue weighted by atomic mass is 9.88. The zero-order chi connectivity index (χ0) is 17.7. The Kier molecular flexibility index (Phi) is 6.17.